The molecule has 0 atom stereocenters. The van der Waals surface area contributed by atoms with Crippen molar-refractivity contribution in [2.75, 3.05) is 0 Å². The molecule has 0 amide bonds. The third kappa shape index (κ3) is 2.17. The summed E-state index contributed by atoms with van der Waals surface area (Å²) < 4.78 is 6.76. The molecule has 0 saturated heterocycles. The van der Waals surface area contributed by atoms with Crippen molar-refractivity contribution in [3.63, 3.8) is 0 Å². The second-order valence-electron chi connectivity index (χ2n) is 3.35. The lowest BCUT2D eigenvalue weighted by Gasteiger charge is -2.08. The summed E-state index contributed by atoms with van der Waals surface area (Å²) in [5.41, 5.74) is -0.159. The van der Waals surface area contributed by atoms with Crippen LogP contribution >= 0.6 is 11.6 Å². The van der Waals surface area contributed by atoms with Gasteiger partial charge in [-0.05, 0) is 12.1 Å². The van der Waals surface area contributed by atoms with Crippen LogP contribution in [0.1, 0.15) is 18.5 Å². The first-order chi connectivity index (χ1) is 7.70. The van der Waals surface area contributed by atoms with E-state index in [0.717, 1.165) is 5.76 Å². The number of nitrogens with zero attached hydrogens (tertiary/aromatic N) is 2. The molecule has 0 aliphatic rings. The minimum atomic E-state index is -0.159. The van der Waals surface area contributed by atoms with Gasteiger partial charge in [-0.2, -0.15) is 0 Å². The number of furan rings is 1. The summed E-state index contributed by atoms with van der Waals surface area (Å²) in [5.74, 6) is 1.38. The lowest BCUT2D eigenvalue weighted by atomic mass is 10.3. The third-order valence-corrected chi connectivity index (χ3v) is 2.46. The van der Waals surface area contributed by atoms with E-state index in [1.54, 1.807) is 16.9 Å². The predicted octanol–water partition coefficient (Wildman–Crippen LogP) is 2.10. The van der Waals surface area contributed by atoms with Gasteiger partial charge < -0.3 is 4.42 Å². The van der Waals surface area contributed by atoms with E-state index in [1.165, 1.54) is 6.07 Å². The van der Waals surface area contributed by atoms with Crippen LogP contribution in [0.15, 0.2) is 33.7 Å². The fourth-order valence-electron chi connectivity index (χ4n) is 1.52. The summed E-state index contributed by atoms with van der Waals surface area (Å²) in [6.45, 7) is 2.32. The number of hydrogen-bond acceptors (Lipinski definition) is 3. The monoisotopic (exact) mass is 238 g/mol. The molecule has 0 saturated carbocycles. The lowest BCUT2D eigenvalue weighted by Crippen LogP contribution is -2.24. The zero-order valence-corrected chi connectivity index (χ0v) is 9.57. The van der Waals surface area contributed by atoms with Crippen LogP contribution in [0.2, 0.25) is 5.15 Å². The maximum absolute atomic E-state index is 11.7. The molecule has 16 heavy (non-hydrogen) atoms. The molecule has 0 aliphatic carbocycles. The molecule has 4 nitrogen and oxygen atoms in total. The van der Waals surface area contributed by atoms with Gasteiger partial charge in [0.1, 0.15) is 16.7 Å². The van der Waals surface area contributed by atoms with Gasteiger partial charge in [-0.25, -0.2) is 4.98 Å². The molecule has 0 N–H and O–H groups in total. The van der Waals surface area contributed by atoms with Crippen LogP contribution in [0.5, 0.6) is 0 Å². The van der Waals surface area contributed by atoms with Crippen LogP contribution in [0.4, 0.5) is 0 Å². The smallest absolute Gasteiger partial charge is 0.255 e. The Hall–Kier alpha value is -1.55. The van der Waals surface area contributed by atoms with Crippen LogP contribution < -0.4 is 5.56 Å². The Morgan fingerprint density at radius 3 is 3.00 bits per heavy atom. The Kier molecular flexibility index (Phi) is 3.10. The van der Waals surface area contributed by atoms with Gasteiger partial charge in [-0.15, -0.1) is 0 Å². The molecule has 2 heterocycles. The van der Waals surface area contributed by atoms with Crippen molar-refractivity contribution in [3.8, 4) is 0 Å². The van der Waals surface area contributed by atoms with Crippen molar-refractivity contribution in [2.24, 2.45) is 0 Å². The van der Waals surface area contributed by atoms with Crippen LogP contribution in [0.3, 0.4) is 0 Å². The molecular weight excluding hydrogens is 228 g/mol. The molecule has 0 fully saturated rings. The second-order valence-corrected chi connectivity index (χ2v) is 3.74. The maximum Gasteiger partial charge on any atom is 0.255 e. The van der Waals surface area contributed by atoms with E-state index < -0.39 is 0 Å². The molecule has 5 heteroatoms. The molecule has 0 radical (unpaired) electrons. The van der Waals surface area contributed by atoms with E-state index in [9.17, 15) is 4.79 Å². The van der Waals surface area contributed by atoms with Gasteiger partial charge in [0.05, 0.1) is 12.8 Å². The number of hydrogen-bond donors (Lipinski definition) is 0. The summed E-state index contributed by atoms with van der Waals surface area (Å²) in [6, 6.07) is 4.92. The maximum atomic E-state index is 11.7. The molecule has 2 aromatic heterocycles. The molecule has 0 spiro atoms. The first-order valence-corrected chi connectivity index (χ1v) is 5.37. The van der Waals surface area contributed by atoms with Crippen molar-refractivity contribution < 1.29 is 4.42 Å². The van der Waals surface area contributed by atoms with E-state index in [0.29, 0.717) is 18.8 Å². The predicted molar refractivity (Wildman–Crippen MR) is 60.7 cm³/mol. The van der Waals surface area contributed by atoms with Gasteiger partial charge in [0.25, 0.3) is 5.56 Å². The van der Waals surface area contributed by atoms with E-state index in [4.69, 9.17) is 16.0 Å². The van der Waals surface area contributed by atoms with Gasteiger partial charge in [0.2, 0.25) is 0 Å². The van der Waals surface area contributed by atoms with Crippen molar-refractivity contribution in [1.29, 1.82) is 0 Å². The molecule has 0 bridgehead atoms. The van der Waals surface area contributed by atoms with Crippen LogP contribution in [-0.2, 0) is 13.0 Å². The summed E-state index contributed by atoms with van der Waals surface area (Å²) in [4.78, 5) is 15.9. The Morgan fingerprint density at radius 2 is 2.38 bits per heavy atom. The van der Waals surface area contributed by atoms with Crippen LogP contribution in [-0.4, -0.2) is 9.55 Å². The van der Waals surface area contributed by atoms with Crippen molar-refractivity contribution >= 4 is 11.6 Å². The zero-order valence-electron chi connectivity index (χ0n) is 8.81. The van der Waals surface area contributed by atoms with Crippen molar-refractivity contribution in [3.05, 3.63) is 51.6 Å². The van der Waals surface area contributed by atoms with Gasteiger partial charge in [0.15, 0.2) is 0 Å². The second kappa shape index (κ2) is 4.53. The first-order valence-electron chi connectivity index (χ1n) is 4.99. The van der Waals surface area contributed by atoms with E-state index in [-0.39, 0.29) is 10.7 Å². The summed E-state index contributed by atoms with van der Waals surface area (Å²) in [5, 5.41) is 0.234. The molecule has 2 rings (SSSR count). The molecule has 0 unspecified atom stereocenters. The average Bonchev–Trinajstić information content (AvgIpc) is 2.74. The van der Waals surface area contributed by atoms with Gasteiger partial charge in [-0.3, -0.25) is 9.36 Å². The lowest BCUT2D eigenvalue weighted by molar-refractivity contribution is 0.482. The third-order valence-electron chi connectivity index (χ3n) is 2.27. The number of halogens is 1. The fourth-order valence-corrected chi connectivity index (χ4v) is 1.71. The molecule has 2 aromatic rings. The largest absolute Gasteiger partial charge is 0.467 e. The highest BCUT2D eigenvalue weighted by molar-refractivity contribution is 6.29. The normalized spacial score (nSPS) is 10.6. The zero-order chi connectivity index (χ0) is 11.5. The Morgan fingerprint density at radius 1 is 1.56 bits per heavy atom. The highest BCUT2D eigenvalue weighted by Crippen LogP contribution is 2.07. The summed E-state index contributed by atoms with van der Waals surface area (Å²) in [7, 11) is 0. The molecule has 84 valence electrons. The van der Waals surface area contributed by atoms with Crippen LogP contribution in [0, 0.1) is 0 Å². The fraction of sp³-hybridized carbons (Fsp3) is 0.273. The van der Waals surface area contributed by atoms with Crippen LogP contribution in [0.25, 0.3) is 0 Å². The highest BCUT2D eigenvalue weighted by Gasteiger charge is 2.07. The Labute approximate surface area is 97.5 Å². The minimum Gasteiger partial charge on any atom is -0.467 e. The average molecular weight is 239 g/mol. The topological polar surface area (TPSA) is 48.0 Å². The van der Waals surface area contributed by atoms with Gasteiger partial charge in [-0.1, -0.05) is 18.5 Å². The van der Waals surface area contributed by atoms with Crippen molar-refractivity contribution in [2.45, 2.75) is 19.9 Å². The van der Waals surface area contributed by atoms with E-state index in [1.807, 2.05) is 13.0 Å². The number of aryl methyl sites for hydroxylation is 1. The molecule has 0 aliphatic heterocycles. The first kappa shape index (κ1) is 11.0. The molecular formula is C11H11ClN2O2. The van der Waals surface area contributed by atoms with Crippen molar-refractivity contribution in [1.82, 2.24) is 9.55 Å². The van der Waals surface area contributed by atoms with Gasteiger partial charge in [0, 0.05) is 12.5 Å². The Balaban J connectivity index is 2.43. The standard InChI is InChI=1S/C11H11ClN2O2/c1-2-10-13-9(12)6-11(15)14(10)7-8-4-3-5-16-8/h3-6H,2,7H2,1H3. The summed E-state index contributed by atoms with van der Waals surface area (Å²) >= 11 is 5.73. The summed E-state index contributed by atoms with van der Waals surface area (Å²) in [6.07, 6.45) is 2.23. The quantitative estimate of drug-likeness (QED) is 0.770. The van der Waals surface area contributed by atoms with E-state index >= 15 is 0 Å². The van der Waals surface area contributed by atoms with E-state index in [2.05, 4.69) is 4.98 Å². The minimum absolute atomic E-state index is 0.159. The number of aromatic nitrogens is 2. The molecule has 0 aromatic carbocycles. The SMILES string of the molecule is CCc1nc(Cl)cc(=O)n1Cc1ccco1. The number of rotatable bonds is 3. The van der Waals surface area contributed by atoms with Gasteiger partial charge >= 0.3 is 0 Å². The Bertz CT molecular complexity index is 531. The highest BCUT2D eigenvalue weighted by atomic mass is 35.5.